The highest BCUT2D eigenvalue weighted by molar-refractivity contribution is 8.27. The van der Waals surface area contributed by atoms with Crippen molar-refractivity contribution in [1.29, 1.82) is 0 Å². The van der Waals surface area contributed by atoms with Crippen molar-refractivity contribution in [1.82, 2.24) is 0 Å². The van der Waals surface area contributed by atoms with Crippen LogP contribution >= 0.6 is 24.0 Å². The van der Waals surface area contributed by atoms with Crippen molar-refractivity contribution in [3.05, 3.63) is 64.6 Å². The van der Waals surface area contributed by atoms with Crippen LogP contribution in [0.4, 0.5) is 18.9 Å². The van der Waals surface area contributed by atoms with Crippen LogP contribution in [-0.4, -0.2) is 17.3 Å². The molecule has 0 atom stereocenters. The van der Waals surface area contributed by atoms with Crippen LogP contribution < -0.4 is 9.64 Å². The minimum Gasteiger partial charge on any atom is -0.496 e. The van der Waals surface area contributed by atoms with Crippen LogP contribution in [0, 0.1) is 0 Å². The quantitative estimate of drug-likeness (QED) is 0.533. The average Bonchev–Trinajstić information content (AvgIpc) is 2.88. The van der Waals surface area contributed by atoms with Gasteiger partial charge in [-0.05, 0) is 30.3 Å². The van der Waals surface area contributed by atoms with Crippen molar-refractivity contribution >= 4 is 46.0 Å². The fraction of sp³-hybridized carbons (Fsp3) is 0.111. The van der Waals surface area contributed by atoms with Crippen molar-refractivity contribution < 1.29 is 22.7 Å². The molecule has 0 radical (unpaired) electrons. The number of alkyl halides is 3. The molecule has 2 aromatic carbocycles. The highest BCUT2D eigenvalue weighted by Crippen LogP contribution is 2.39. The summed E-state index contributed by atoms with van der Waals surface area (Å²) in [4.78, 5) is 14.1. The summed E-state index contributed by atoms with van der Waals surface area (Å²) in [5.74, 6) is 0.113. The molecule has 0 unspecified atom stereocenters. The van der Waals surface area contributed by atoms with Crippen LogP contribution in [0.1, 0.15) is 11.1 Å². The smallest absolute Gasteiger partial charge is 0.416 e. The summed E-state index contributed by atoms with van der Waals surface area (Å²) in [6.45, 7) is 0. The first-order valence-electron chi connectivity index (χ1n) is 7.39. The summed E-state index contributed by atoms with van der Waals surface area (Å²) in [5.41, 5.74) is -0.0666. The number of thiocarbonyl (C=S) groups is 1. The Hall–Kier alpha value is -2.32. The third kappa shape index (κ3) is 3.61. The SMILES string of the molecule is COc1ccccc1/C=C1/SC(=S)N(c2cccc(C(F)(F)F)c2)C1=O. The number of nitrogens with zero attached hydrogens (tertiary/aromatic N) is 1. The molecule has 3 rings (SSSR count). The van der Waals surface area contributed by atoms with E-state index in [0.29, 0.717) is 16.2 Å². The Morgan fingerprint density at radius 2 is 1.88 bits per heavy atom. The Kier molecular flexibility index (Phi) is 5.06. The van der Waals surface area contributed by atoms with Crippen LogP contribution in [0.5, 0.6) is 5.75 Å². The highest BCUT2D eigenvalue weighted by Gasteiger charge is 2.36. The number of hydrogen-bond donors (Lipinski definition) is 0. The van der Waals surface area contributed by atoms with E-state index in [2.05, 4.69) is 0 Å². The Bertz CT molecular complexity index is 909. The number of halogens is 3. The second-order valence-electron chi connectivity index (χ2n) is 5.31. The van der Waals surface area contributed by atoms with Gasteiger partial charge in [0, 0.05) is 5.56 Å². The van der Waals surface area contributed by atoms with Crippen molar-refractivity contribution in [2.45, 2.75) is 6.18 Å². The lowest BCUT2D eigenvalue weighted by molar-refractivity contribution is -0.137. The second-order valence-corrected chi connectivity index (χ2v) is 6.98. The van der Waals surface area contributed by atoms with Gasteiger partial charge in [0.2, 0.25) is 0 Å². The number of methoxy groups -OCH3 is 1. The van der Waals surface area contributed by atoms with Crippen LogP contribution in [-0.2, 0) is 11.0 Å². The number of ether oxygens (including phenoxy) is 1. The van der Waals surface area contributed by atoms with E-state index in [0.717, 1.165) is 28.8 Å². The Labute approximate surface area is 157 Å². The average molecular weight is 395 g/mol. The minimum absolute atomic E-state index is 0.0887. The lowest BCUT2D eigenvalue weighted by Gasteiger charge is -2.16. The number of thioether (sulfide) groups is 1. The van der Waals surface area contributed by atoms with Gasteiger partial charge in [-0.1, -0.05) is 48.2 Å². The number of rotatable bonds is 3. The van der Waals surface area contributed by atoms with E-state index in [9.17, 15) is 18.0 Å². The first-order valence-corrected chi connectivity index (χ1v) is 8.62. The molecule has 1 fully saturated rings. The fourth-order valence-corrected chi connectivity index (χ4v) is 3.73. The van der Waals surface area contributed by atoms with Crippen molar-refractivity contribution in [3.63, 3.8) is 0 Å². The number of carbonyl (C=O) groups excluding carboxylic acids is 1. The van der Waals surface area contributed by atoms with E-state index in [1.807, 2.05) is 0 Å². The number of hydrogen-bond acceptors (Lipinski definition) is 4. The Morgan fingerprint density at radius 1 is 1.15 bits per heavy atom. The molecule has 0 N–H and O–H groups in total. The summed E-state index contributed by atoms with van der Waals surface area (Å²) in [6.07, 6.45) is -2.88. The number of benzene rings is 2. The molecule has 1 amide bonds. The Balaban J connectivity index is 1.96. The van der Waals surface area contributed by atoms with Gasteiger partial charge in [-0.15, -0.1) is 0 Å². The zero-order valence-electron chi connectivity index (χ0n) is 13.4. The van der Waals surface area contributed by atoms with E-state index < -0.39 is 17.6 Å². The van der Waals surface area contributed by atoms with E-state index in [-0.39, 0.29) is 10.0 Å². The zero-order chi connectivity index (χ0) is 18.9. The molecule has 26 heavy (non-hydrogen) atoms. The number of amides is 1. The number of para-hydroxylation sites is 1. The van der Waals surface area contributed by atoms with Crippen molar-refractivity contribution in [3.8, 4) is 5.75 Å². The monoisotopic (exact) mass is 395 g/mol. The van der Waals surface area contributed by atoms with E-state index in [4.69, 9.17) is 17.0 Å². The lowest BCUT2D eigenvalue weighted by atomic mass is 10.1. The number of carbonyl (C=O) groups is 1. The van der Waals surface area contributed by atoms with Gasteiger partial charge in [-0.25, -0.2) is 0 Å². The van der Waals surface area contributed by atoms with E-state index in [1.165, 1.54) is 19.2 Å². The van der Waals surface area contributed by atoms with Crippen molar-refractivity contribution in [2.24, 2.45) is 0 Å². The minimum atomic E-state index is -4.50. The molecule has 134 valence electrons. The topological polar surface area (TPSA) is 29.5 Å². The van der Waals surface area contributed by atoms with Gasteiger partial charge in [0.25, 0.3) is 5.91 Å². The van der Waals surface area contributed by atoms with Gasteiger partial charge < -0.3 is 4.74 Å². The standard InChI is InChI=1S/C18H12F3NO2S2/c1-24-14-8-3-2-5-11(14)9-15-16(23)22(17(25)26-15)13-7-4-6-12(10-13)18(19,20)21/h2-10H,1H3/b15-9+. The van der Waals surface area contributed by atoms with Gasteiger partial charge >= 0.3 is 6.18 Å². The maximum Gasteiger partial charge on any atom is 0.416 e. The largest absolute Gasteiger partial charge is 0.496 e. The van der Waals surface area contributed by atoms with Crippen LogP contribution in [0.25, 0.3) is 6.08 Å². The second kappa shape index (κ2) is 7.13. The molecule has 1 aliphatic rings. The number of anilines is 1. The molecule has 0 aliphatic carbocycles. The highest BCUT2D eigenvalue weighted by atomic mass is 32.2. The fourth-order valence-electron chi connectivity index (χ4n) is 2.44. The molecule has 8 heteroatoms. The molecule has 0 aromatic heterocycles. The summed E-state index contributed by atoms with van der Waals surface area (Å²) < 4.78 is 44.2. The van der Waals surface area contributed by atoms with Gasteiger partial charge in [0.15, 0.2) is 4.32 Å². The summed E-state index contributed by atoms with van der Waals surface area (Å²) >= 11 is 6.24. The molecule has 1 saturated heterocycles. The first-order chi connectivity index (χ1) is 12.3. The molecule has 0 bridgehead atoms. The molecular formula is C18H12F3NO2S2. The third-order valence-corrected chi connectivity index (χ3v) is 4.95. The molecular weight excluding hydrogens is 383 g/mol. The first kappa shape index (κ1) is 18.5. The van der Waals surface area contributed by atoms with E-state index in [1.54, 1.807) is 30.3 Å². The molecule has 1 heterocycles. The van der Waals surface area contributed by atoms with Gasteiger partial charge in [-0.2, -0.15) is 13.2 Å². The Morgan fingerprint density at radius 3 is 2.58 bits per heavy atom. The van der Waals surface area contributed by atoms with Crippen LogP contribution in [0.3, 0.4) is 0 Å². The van der Waals surface area contributed by atoms with Crippen LogP contribution in [0.2, 0.25) is 0 Å². The molecule has 1 aliphatic heterocycles. The molecule has 0 saturated carbocycles. The van der Waals surface area contributed by atoms with Gasteiger partial charge in [0.05, 0.1) is 23.3 Å². The normalized spacial score (nSPS) is 16.5. The van der Waals surface area contributed by atoms with E-state index >= 15 is 0 Å². The lowest BCUT2D eigenvalue weighted by Crippen LogP contribution is -2.27. The summed E-state index contributed by atoms with van der Waals surface area (Å²) in [5, 5.41) is 0. The molecule has 3 nitrogen and oxygen atoms in total. The van der Waals surface area contributed by atoms with Gasteiger partial charge in [-0.3, -0.25) is 9.69 Å². The summed E-state index contributed by atoms with van der Waals surface area (Å²) in [6, 6.07) is 11.6. The molecule has 0 spiro atoms. The third-order valence-electron chi connectivity index (χ3n) is 3.65. The predicted molar refractivity (Wildman–Crippen MR) is 100 cm³/mol. The van der Waals surface area contributed by atoms with Crippen molar-refractivity contribution in [2.75, 3.05) is 12.0 Å². The zero-order valence-corrected chi connectivity index (χ0v) is 15.0. The summed E-state index contributed by atoms with van der Waals surface area (Å²) in [7, 11) is 1.51. The van der Waals surface area contributed by atoms with Crippen LogP contribution in [0.15, 0.2) is 53.4 Å². The van der Waals surface area contributed by atoms with Gasteiger partial charge in [0.1, 0.15) is 5.75 Å². The maximum absolute atomic E-state index is 12.9. The molecule has 2 aromatic rings. The maximum atomic E-state index is 12.9. The predicted octanol–water partition coefficient (Wildman–Crippen LogP) is 5.12.